The van der Waals surface area contributed by atoms with E-state index in [0.717, 1.165) is 38.9 Å². The lowest BCUT2D eigenvalue weighted by molar-refractivity contribution is -0.385. The van der Waals surface area contributed by atoms with Crippen LogP contribution in [-0.4, -0.2) is 50.4 Å². The lowest BCUT2D eigenvalue weighted by Crippen LogP contribution is -2.31. The van der Waals surface area contributed by atoms with Gasteiger partial charge in [-0.05, 0) is 37.1 Å². The molecule has 0 atom stereocenters. The molecule has 0 aliphatic carbocycles. The second-order valence-corrected chi connectivity index (χ2v) is 9.39. The molecule has 0 bridgehead atoms. The largest absolute Gasteiger partial charge is 0.493 e. The molecule has 2 aromatic rings. The van der Waals surface area contributed by atoms with Crippen molar-refractivity contribution < 1.29 is 36.4 Å². The predicted octanol–water partition coefficient (Wildman–Crippen LogP) is 4.02. The molecule has 0 spiro atoms. The highest BCUT2D eigenvalue weighted by Gasteiger charge is 2.27. The fourth-order valence-corrected chi connectivity index (χ4v) is 5.09. The summed E-state index contributed by atoms with van der Waals surface area (Å²) in [6.07, 6.45) is 3.53. The number of nitro benzene ring substituents is 1. The van der Waals surface area contributed by atoms with Crippen molar-refractivity contribution in [2.45, 2.75) is 37.2 Å². The SMILES string of the molecule is COc1cc(C(=O)Nc2ccc(S(=O)(=O)N3CCCCCC3)cc2)c([N+](=O)[O-])cc1OC(F)F. The van der Waals surface area contributed by atoms with Gasteiger partial charge in [-0.2, -0.15) is 13.1 Å². The minimum atomic E-state index is -3.68. The summed E-state index contributed by atoms with van der Waals surface area (Å²) in [5, 5.41) is 13.9. The van der Waals surface area contributed by atoms with Crippen LogP contribution >= 0.6 is 0 Å². The van der Waals surface area contributed by atoms with Crippen LogP contribution < -0.4 is 14.8 Å². The van der Waals surface area contributed by atoms with Crippen molar-refractivity contribution in [3.8, 4) is 11.5 Å². The number of rotatable bonds is 8. The molecule has 1 aliphatic heterocycles. The Balaban J connectivity index is 1.83. The van der Waals surface area contributed by atoms with E-state index in [4.69, 9.17) is 4.74 Å². The number of halogens is 2. The van der Waals surface area contributed by atoms with Crippen molar-refractivity contribution in [1.82, 2.24) is 4.31 Å². The Hall–Kier alpha value is -3.32. The molecule has 1 heterocycles. The van der Waals surface area contributed by atoms with Crippen molar-refractivity contribution in [3.05, 3.63) is 52.1 Å². The zero-order valence-corrected chi connectivity index (χ0v) is 19.0. The summed E-state index contributed by atoms with van der Waals surface area (Å²) in [6, 6.07) is 6.99. The van der Waals surface area contributed by atoms with E-state index in [1.807, 2.05) is 0 Å². The minimum Gasteiger partial charge on any atom is -0.493 e. The van der Waals surface area contributed by atoms with Crippen LogP contribution in [0.1, 0.15) is 36.0 Å². The van der Waals surface area contributed by atoms with Gasteiger partial charge in [0.15, 0.2) is 11.5 Å². The molecular formula is C21H23F2N3O7S. The molecule has 0 unspecified atom stereocenters. The molecule has 0 aromatic heterocycles. The molecule has 184 valence electrons. The molecule has 1 fully saturated rings. The Morgan fingerprint density at radius 2 is 1.71 bits per heavy atom. The summed E-state index contributed by atoms with van der Waals surface area (Å²) >= 11 is 0. The van der Waals surface area contributed by atoms with E-state index in [2.05, 4.69) is 10.1 Å². The van der Waals surface area contributed by atoms with Crippen LogP contribution in [0.5, 0.6) is 11.5 Å². The van der Waals surface area contributed by atoms with Gasteiger partial charge in [-0.25, -0.2) is 8.42 Å². The summed E-state index contributed by atoms with van der Waals surface area (Å²) in [7, 11) is -2.56. The van der Waals surface area contributed by atoms with Gasteiger partial charge in [-0.15, -0.1) is 0 Å². The van der Waals surface area contributed by atoms with Gasteiger partial charge in [-0.1, -0.05) is 12.8 Å². The summed E-state index contributed by atoms with van der Waals surface area (Å²) in [4.78, 5) is 23.3. The van der Waals surface area contributed by atoms with Crippen LogP contribution in [0.3, 0.4) is 0 Å². The van der Waals surface area contributed by atoms with Crippen molar-refractivity contribution in [2.75, 3.05) is 25.5 Å². The van der Waals surface area contributed by atoms with Crippen LogP contribution in [0.2, 0.25) is 0 Å². The van der Waals surface area contributed by atoms with Crippen LogP contribution in [0.15, 0.2) is 41.3 Å². The highest BCUT2D eigenvalue weighted by molar-refractivity contribution is 7.89. The number of ether oxygens (including phenoxy) is 2. The molecular weight excluding hydrogens is 476 g/mol. The number of hydrogen-bond acceptors (Lipinski definition) is 7. The zero-order valence-electron chi connectivity index (χ0n) is 18.2. The number of carbonyl (C=O) groups is 1. The summed E-state index contributed by atoms with van der Waals surface area (Å²) in [5.74, 6) is -1.81. The van der Waals surface area contributed by atoms with Crippen molar-refractivity contribution >= 4 is 27.3 Å². The Kier molecular flexibility index (Phi) is 7.99. The third kappa shape index (κ3) is 5.78. The third-order valence-electron chi connectivity index (χ3n) is 5.25. The Bertz CT molecular complexity index is 1150. The number of nitro groups is 1. The molecule has 10 nitrogen and oxygen atoms in total. The molecule has 2 aromatic carbocycles. The van der Waals surface area contributed by atoms with Gasteiger partial charge in [-0.3, -0.25) is 14.9 Å². The second-order valence-electron chi connectivity index (χ2n) is 7.45. The quantitative estimate of drug-likeness (QED) is 0.429. The fourth-order valence-electron chi connectivity index (χ4n) is 3.57. The van der Waals surface area contributed by atoms with E-state index in [0.29, 0.717) is 19.2 Å². The number of nitrogens with one attached hydrogen (secondary N) is 1. The number of hydrogen-bond donors (Lipinski definition) is 1. The molecule has 1 amide bonds. The molecule has 34 heavy (non-hydrogen) atoms. The van der Waals surface area contributed by atoms with Gasteiger partial charge in [0.05, 0.1) is 23.0 Å². The average molecular weight is 499 g/mol. The topological polar surface area (TPSA) is 128 Å². The molecule has 1 aliphatic rings. The van der Waals surface area contributed by atoms with E-state index in [-0.39, 0.29) is 16.3 Å². The maximum atomic E-state index is 12.9. The number of nitrogens with zero attached hydrogens (tertiary/aromatic N) is 2. The van der Waals surface area contributed by atoms with Crippen LogP contribution in [-0.2, 0) is 10.0 Å². The van der Waals surface area contributed by atoms with Crippen molar-refractivity contribution in [3.63, 3.8) is 0 Å². The summed E-state index contributed by atoms with van der Waals surface area (Å²) in [6.45, 7) is -2.37. The summed E-state index contributed by atoms with van der Waals surface area (Å²) < 4.78 is 61.5. The molecule has 13 heteroatoms. The first kappa shape index (κ1) is 25.3. The Morgan fingerprint density at radius 3 is 2.24 bits per heavy atom. The van der Waals surface area contributed by atoms with E-state index in [9.17, 15) is 32.1 Å². The van der Waals surface area contributed by atoms with Gasteiger partial charge in [0.1, 0.15) is 5.56 Å². The first-order chi connectivity index (χ1) is 16.1. The number of carbonyl (C=O) groups excluding carboxylic acids is 1. The van der Waals surface area contributed by atoms with Gasteiger partial charge in [0, 0.05) is 24.8 Å². The second kappa shape index (κ2) is 10.7. The number of amides is 1. The number of methoxy groups -OCH3 is 1. The predicted molar refractivity (Wildman–Crippen MR) is 118 cm³/mol. The standard InChI is InChI=1S/C21H23F2N3O7S/c1-32-18-12-16(17(26(28)29)13-19(18)33-21(22)23)20(27)24-14-6-8-15(9-7-14)34(30,31)25-10-4-2-3-5-11-25/h6-9,12-13,21H,2-5,10-11H2,1H3,(H,24,27). The third-order valence-corrected chi connectivity index (χ3v) is 7.17. The Morgan fingerprint density at radius 1 is 1.09 bits per heavy atom. The maximum Gasteiger partial charge on any atom is 0.387 e. The lowest BCUT2D eigenvalue weighted by Gasteiger charge is -2.20. The van der Waals surface area contributed by atoms with Crippen molar-refractivity contribution in [1.29, 1.82) is 0 Å². The van der Waals surface area contributed by atoms with Crippen LogP contribution in [0.4, 0.5) is 20.2 Å². The first-order valence-electron chi connectivity index (χ1n) is 10.4. The number of sulfonamides is 1. The molecule has 1 saturated heterocycles. The normalized spacial score (nSPS) is 14.9. The Labute approximate surface area is 194 Å². The van der Waals surface area contributed by atoms with Gasteiger partial charge >= 0.3 is 6.61 Å². The van der Waals surface area contributed by atoms with Crippen molar-refractivity contribution in [2.24, 2.45) is 0 Å². The molecule has 1 N–H and O–H groups in total. The maximum absolute atomic E-state index is 12.9. The van der Waals surface area contributed by atoms with E-state index >= 15 is 0 Å². The molecule has 3 rings (SSSR count). The number of benzene rings is 2. The first-order valence-corrected chi connectivity index (χ1v) is 11.8. The van der Waals surface area contributed by atoms with Crippen LogP contribution in [0, 0.1) is 10.1 Å². The van der Waals surface area contributed by atoms with Gasteiger partial charge in [0.25, 0.3) is 11.6 Å². The van der Waals surface area contributed by atoms with Gasteiger partial charge < -0.3 is 14.8 Å². The fraction of sp³-hybridized carbons (Fsp3) is 0.381. The van der Waals surface area contributed by atoms with Gasteiger partial charge in [0.2, 0.25) is 10.0 Å². The van der Waals surface area contributed by atoms with Crippen LogP contribution in [0.25, 0.3) is 0 Å². The van der Waals surface area contributed by atoms with E-state index < -0.39 is 44.5 Å². The summed E-state index contributed by atoms with van der Waals surface area (Å²) in [5.41, 5.74) is -1.04. The average Bonchev–Trinajstić information content (AvgIpc) is 3.09. The van der Waals surface area contributed by atoms with E-state index in [1.54, 1.807) is 0 Å². The van der Waals surface area contributed by atoms with E-state index in [1.165, 1.54) is 28.6 Å². The highest BCUT2D eigenvalue weighted by Crippen LogP contribution is 2.36. The zero-order chi connectivity index (χ0) is 24.9. The number of alkyl halides is 2. The lowest BCUT2D eigenvalue weighted by atomic mass is 10.1. The monoisotopic (exact) mass is 499 g/mol. The highest BCUT2D eigenvalue weighted by atomic mass is 32.2. The molecule has 0 radical (unpaired) electrons. The number of anilines is 1. The smallest absolute Gasteiger partial charge is 0.387 e. The molecule has 0 saturated carbocycles. The minimum absolute atomic E-state index is 0.0635.